The number of ether oxygens (including phenoxy) is 1. The number of anilines is 1. The number of aromatic nitrogens is 4. The summed E-state index contributed by atoms with van der Waals surface area (Å²) >= 11 is 0. The molecule has 7 nitrogen and oxygen atoms in total. The molecule has 0 spiro atoms. The summed E-state index contributed by atoms with van der Waals surface area (Å²) in [5, 5.41) is 10.7. The molecule has 1 aliphatic heterocycles. The van der Waals surface area contributed by atoms with Crippen LogP contribution in [0.25, 0.3) is 0 Å². The highest BCUT2D eigenvalue weighted by molar-refractivity contribution is 6.02. The van der Waals surface area contributed by atoms with Gasteiger partial charge in [-0.1, -0.05) is 12.1 Å². The van der Waals surface area contributed by atoms with Gasteiger partial charge >= 0.3 is 0 Å². The van der Waals surface area contributed by atoms with Crippen molar-refractivity contribution in [2.75, 3.05) is 18.5 Å². The first-order chi connectivity index (χ1) is 10.1. The van der Waals surface area contributed by atoms with E-state index < -0.39 is 0 Å². The van der Waals surface area contributed by atoms with Gasteiger partial charge in [-0.3, -0.25) is 14.5 Å². The molecule has 1 amide bonds. The number of amides is 1. The largest absolute Gasteiger partial charge is 0.380 e. The molecule has 7 heteroatoms. The maximum Gasteiger partial charge on any atom is 0.277 e. The predicted octanol–water partition coefficient (Wildman–Crippen LogP) is 1.27. The zero-order chi connectivity index (χ0) is 14.9. The van der Waals surface area contributed by atoms with Gasteiger partial charge in [0.2, 0.25) is 0 Å². The number of carbonyl (C=O) groups excluding carboxylic acids is 1. The van der Waals surface area contributed by atoms with E-state index in [1.54, 1.807) is 29.2 Å². The number of aryl methyl sites for hydroxylation is 1. The molecule has 3 heterocycles. The van der Waals surface area contributed by atoms with E-state index in [1.807, 2.05) is 6.92 Å². The van der Waals surface area contributed by atoms with E-state index in [-0.39, 0.29) is 11.3 Å². The lowest BCUT2D eigenvalue weighted by Crippen LogP contribution is -2.43. The number of nitrogens with one attached hydrogen (secondary N) is 1. The predicted molar refractivity (Wildman–Crippen MR) is 75.9 cm³/mol. The fourth-order valence-electron chi connectivity index (χ4n) is 2.22. The normalized spacial score (nSPS) is 16.3. The molecule has 0 aliphatic carbocycles. The number of pyridine rings is 1. The summed E-state index contributed by atoms with van der Waals surface area (Å²) in [6, 6.07) is 3.58. The van der Waals surface area contributed by atoms with Crippen LogP contribution in [0.2, 0.25) is 0 Å². The van der Waals surface area contributed by atoms with Crippen LogP contribution in [0.1, 0.15) is 23.1 Å². The SMILES string of the molecule is Cc1ncccc1NC(=O)c1cn(CC2(C)COC2)nn1. The van der Waals surface area contributed by atoms with Crippen molar-refractivity contribution < 1.29 is 9.53 Å². The number of hydrogen-bond donors (Lipinski definition) is 1. The monoisotopic (exact) mass is 287 g/mol. The van der Waals surface area contributed by atoms with Gasteiger partial charge in [0, 0.05) is 11.6 Å². The van der Waals surface area contributed by atoms with E-state index >= 15 is 0 Å². The topological polar surface area (TPSA) is 81.9 Å². The zero-order valence-electron chi connectivity index (χ0n) is 12.0. The molecule has 21 heavy (non-hydrogen) atoms. The lowest BCUT2D eigenvalue weighted by molar-refractivity contribution is -0.111. The maximum atomic E-state index is 12.1. The number of carbonyl (C=O) groups is 1. The third-order valence-corrected chi connectivity index (χ3v) is 3.47. The van der Waals surface area contributed by atoms with Gasteiger partial charge in [0.25, 0.3) is 5.91 Å². The molecule has 1 N–H and O–H groups in total. The summed E-state index contributed by atoms with van der Waals surface area (Å²) in [6.45, 7) is 6.08. The lowest BCUT2D eigenvalue weighted by Gasteiger charge is -2.37. The van der Waals surface area contributed by atoms with Crippen molar-refractivity contribution in [2.24, 2.45) is 5.41 Å². The third-order valence-electron chi connectivity index (χ3n) is 3.47. The number of hydrogen-bond acceptors (Lipinski definition) is 5. The van der Waals surface area contributed by atoms with E-state index in [0.29, 0.717) is 31.1 Å². The molecule has 0 aromatic carbocycles. The van der Waals surface area contributed by atoms with Crippen LogP contribution >= 0.6 is 0 Å². The highest BCUT2D eigenvalue weighted by atomic mass is 16.5. The summed E-state index contributed by atoms with van der Waals surface area (Å²) in [5.74, 6) is -0.285. The lowest BCUT2D eigenvalue weighted by atomic mass is 9.89. The Hall–Kier alpha value is -2.28. The van der Waals surface area contributed by atoms with Crippen molar-refractivity contribution in [3.05, 3.63) is 35.9 Å². The number of nitrogens with zero attached hydrogens (tertiary/aromatic N) is 4. The van der Waals surface area contributed by atoms with Crippen molar-refractivity contribution in [1.29, 1.82) is 0 Å². The quantitative estimate of drug-likeness (QED) is 0.915. The van der Waals surface area contributed by atoms with Gasteiger partial charge in [-0.25, -0.2) is 0 Å². The van der Waals surface area contributed by atoms with Gasteiger partial charge in [-0.15, -0.1) is 5.10 Å². The van der Waals surface area contributed by atoms with E-state index in [0.717, 1.165) is 5.69 Å². The van der Waals surface area contributed by atoms with Crippen molar-refractivity contribution in [3.63, 3.8) is 0 Å². The van der Waals surface area contributed by atoms with Gasteiger partial charge in [0.15, 0.2) is 5.69 Å². The summed E-state index contributed by atoms with van der Waals surface area (Å²) < 4.78 is 6.90. The summed E-state index contributed by atoms with van der Waals surface area (Å²) in [6.07, 6.45) is 3.34. The fourth-order valence-corrected chi connectivity index (χ4v) is 2.22. The number of rotatable bonds is 4. The van der Waals surface area contributed by atoms with Crippen LogP contribution in [0, 0.1) is 12.3 Å². The molecule has 0 saturated carbocycles. The van der Waals surface area contributed by atoms with Gasteiger partial charge in [-0.05, 0) is 19.1 Å². The molecule has 2 aromatic heterocycles. The fraction of sp³-hybridized carbons (Fsp3) is 0.429. The van der Waals surface area contributed by atoms with E-state index in [1.165, 1.54) is 0 Å². The molecular weight excluding hydrogens is 270 g/mol. The Kier molecular flexibility index (Phi) is 3.42. The van der Waals surface area contributed by atoms with Crippen molar-refractivity contribution in [2.45, 2.75) is 20.4 Å². The minimum Gasteiger partial charge on any atom is -0.380 e. The molecule has 0 unspecified atom stereocenters. The zero-order valence-corrected chi connectivity index (χ0v) is 12.0. The van der Waals surface area contributed by atoms with Crippen LogP contribution in [0.4, 0.5) is 5.69 Å². The van der Waals surface area contributed by atoms with E-state index in [9.17, 15) is 4.79 Å². The Balaban J connectivity index is 1.68. The second-order valence-electron chi connectivity index (χ2n) is 5.70. The molecule has 110 valence electrons. The highest BCUT2D eigenvalue weighted by Gasteiger charge is 2.34. The van der Waals surface area contributed by atoms with E-state index in [2.05, 4.69) is 27.5 Å². The Morgan fingerprint density at radius 3 is 3.00 bits per heavy atom. The second kappa shape index (κ2) is 5.25. The molecule has 1 aliphatic rings. The standard InChI is InChI=1S/C14H17N5O2/c1-10-11(4-3-5-15-10)16-13(20)12-6-19(18-17-12)7-14(2)8-21-9-14/h3-6H,7-9H2,1-2H3,(H,16,20). The molecule has 2 aromatic rings. The first-order valence-electron chi connectivity index (χ1n) is 6.77. The first-order valence-corrected chi connectivity index (χ1v) is 6.77. The van der Waals surface area contributed by atoms with Crippen LogP contribution < -0.4 is 5.32 Å². The Morgan fingerprint density at radius 1 is 1.52 bits per heavy atom. The van der Waals surface area contributed by atoms with Crippen LogP contribution in [0.15, 0.2) is 24.5 Å². The molecule has 1 saturated heterocycles. The van der Waals surface area contributed by atoms with Gasteiger partial charge in [0.1, 0.15) is 0 Å². The molecule has 0 atom stereocenters. The Morgan fingerprint density at radius 2 is 2.33 bits per heavy atom. The second-order valence-corrected chi connectivity index (χ2v) is 5.70. The van der Waals surface area contributed by atoms with Crippen LogP contribution in [-0.4, -0.2) is 39.1 Å². The maximum absolute atomic E-state index is 12.1. The molecule has 3 rings (SSSR count). The smallest absolute Gasteiger partial charge is 0.277 e. The van der Waals surface area contributed by atoms with Gasteiger partial charge < -0.3 is 10.1 Å². The highest BCUT2D eigenvalue weighted by Crippen LogP contribution is 2.28. The Labute approximate surface area is 122 Å². The first kappa shape index (κ1) is 13.7. The van der Waals surface area contributed by atoms with Crippen LogP contribution in [0.5, 0.6) is 0 Å². The molecule has 0 bridgehead atoms. The third kappa shape index (κ3) is 2.92. The molecule has 1 fully saturated rings. The summed E-state index contributed by atoms with van der Waals surface area (Å²) in [5.41, 5.74) is 1.82. The van der Waals surface area contributed by atoms with E-state index in [4.69, 9.17) is 4.74 Å². The minimum absolute atomic E-state index is 0.0847. The van der Waals surface area contributed by atoms with Crippen LogP contribution in [-0.2, 0) is 11.3 Å². The molecule has 0 radical (unpaired) electrons. The Bertz CT molecular complexity index is 663. The minimum atomic E-state index is -0.285. The van der Waals surface area contributed by atoms with Crippen molar-refractivity contribution in [3.8, 4) is 0 Å². The summed E-state index contributed by atoms with van der Waals surface area (Å²) in [7, 11) is 0. The van der Waals surface area contributed by atoms with Crippen LogP contribution in [0.3, 0.4) is 0 Å². The van der Waals surface area contributed by atoms with Gasteiger partial charge in [-0.2, -0.15) is 0 Å². The summed E-state index contributed by atoms with van der Waals surface area (Å²) in [4.78, 5) is 16.3. The average molecular weight is 287 g/mol. The van der Waals surface area contributed by atoms with Crippen molar-refractivity contribution >= 4 is 11.6 Å². The average Bonchev–Trinajstić information content (AvgIpc) is 2.88. The van der Waals surface area contributed by atoms with Crippen molar-refractivity contribution in [1.82, 2.24) is 20.0 Å². The molecular formula is C14H17N5O2. The van der Waals surface area contributed by atoms with Gasteiger partial charge in [0.05, 0.1) is 37.3 Å².